The van der Waals surface area contributed by atoms with Gasteiger partial charge in [0.1, 0.15) is 0 Å². The van der Waals surface area contributed by atoms with E-state index in [1.54, 1.807) is 0 Å². The fourth-order valence-electron chi connectivity index (χ4n) is 11.4. The summed E-state index contributed by atoms with van der Waals surface area (Å²) in [5.41, 5.74) is 18.4. The van der Waals surface area contributed by atoms with Crippen LogP contribution < -0.4 is 0 Å². The minimum Gasteiger partial charge on any atom is -0.0622 e. The van der Waals surface area contributed by atoms with Crippen LogP contribution in [0.25, 0.3) is 121 Å². The number of rotatable bonds is 3. The summed E-state index contributed by atoms with van der Waals surface area (Å²) in [5, 5.41) is 13.2. The van der Waals surface area contributed by atoms with E-state index in [2.05, 4.69) is 208 Å². The Kier molecular flexibility index (Phi) is 6.60. The van der Waals surface area contributed by atoms with E-state index in [0.29, 0.717) is 0 Å². The van der Waals surface area contributed by atoms with Crippen molar-refractivity contribution in [3.05, 3.63) is 205 Å². The summed E-state index contributed by atoms with van der Waals surface area (Å²) in [5.74, 6) is 0. The van der Waals surface area contributed by atoms with Crippen LogP contribution in [-0.2, 0) is 5.41 Å². The van der Waals surface area contributed by atoms with Crippen molar-refractivity contribution in [2.24, 2.45) is 0 Å². The van der Waals surface area contributed by atoms with E-state index in [0.717, 1.165) is 0 Å². The molecule has 0 radical (unpaired) electrons. The van der Waals surface area contributed by atoms with E-state index in [1.165, 1.54) is 132 Å². The average molecular weight is 747 g/mol. The lowest BCUT2D eigenvalue weighted by molar-refractivity contribution is 0.672. The molecule has 0 bridgehead atoms. The molecule has 2 aliphatic carbocycles. The van der Waals surface area contributed by atoms with Crippen molar-refractivity contribution < 1.29 is 0 Å². The number of hydrogen-bond acceptors (Lipinski definition) is 0. The molecule has 0 nitrogen and oxygen atoms in total. The molecule has 2 aliphatic rings. The van der Waals surface area contributed by atoms with E-state index in [-0.39, 0.29) is 5.41 Å². The molecule has 0 fully saturated rings. The fraction of sp³-hybridized carbons (Fsp3) is 0.0508. The first-order chi connectivity index (χ1) is 29.1. The van der Waals surface area contributed by atoms with Gasteiger partial charge in [0.05, 0.1) is 0 Å². The summed E-state index contributed by atoms with van der Waals surface area (Å²) in [6, 6.07) is 72.8. The van der Waals surface area contributed by atoms with E-state index < -0.39 is 0 Å². The van der Waals surface area contributed by atoms with Crippen molar-refractivity contribution in [3.8, 4) is 66.8 Å². The van der Waals surface area contributed by atoms with Crippen LogP contribution in [0, 0.1) is 0 Å². The summed E-state index contributed by atoms with van der Waals surface area (Å²) >= 11 is 0. The summed E-state index contributed by atoms with van der Waals surface area (Å²) in [6.45, 7) is 4.87. The zero-order valence-electron chi connectivity index (χ0n) is 33.0. The van der Waals surface area contributed by atoms with Crippen molar-refractivity contribution in [1.29, 1.82) is 0 Å². The van der Waals surface area contributed by atoms with Crippen LogP contribution in [0.4, 0.5) is 0 Å². The van der Waals surface area contributed by atoms with Gasteiger partial charge >= 0.3 is 0 Å². The van der Waals surface area contributed by atoms with Gasteiger partial charge < -0.3 is 0 Å². The maximum absolute atomic E-state index is 2.44. The smallest absolute Gasteiger partial charge is 0.0171 e. The highest BCUT2D eigenvalue weighted by Gasteiger charge is 2.40. The second-order valence-corrected chi connectivity index (χ2v) is 17.1. The molecule has 0 heterocycles. The van der Waals surface area contributed by atoms with Crippen molar-refractivity contribution in [3.63, 3.8) is 0 Å². The molecule has 0 N–H and O–H groups in total. The predicted octanol–water partition coefficient (Wildman–Crippen LogP) is 16.4. The third kappa shape index (κ3) is 4.33. The Labute approximate surface area is 343 Å². The van der Waals surface area contributed by atoms with Crippen molar-refractivity contribution in [2.45, 2.75) is 19.3 Å². The van der Waals surface area contributed by atoms with Crippen LogP contribution in [0.15, 0.2) is 194 Å². The lowest BCUT2D eigenvalue weighted by atomic mass is 9.77. The van der Waals surface area contributed by atoms with E-state index in [9.17, 15) is 0 Å². The Morgan fingerprint density at radius 1 is 0.271 bits per heavy atom. The Balaban J connectivity index is 1.05. The van der Waals surface area contributed by atoms with Gasteiger partial charge in [0.25, 0.3) is 0 Å². The Morgan fingerprint density at radius 3 is 1.41 bits per heavy atom. The van der Waals surface area contributed by atoms with Crippen LogP contribution in [0.2, 0.25) is 0 Å². The first-order valence-corrected chi connectivity index (χ1v) is 20.9. The highest BCUT2D eigenvalue weighted by Crippen LogP contribution is 2.60. The molecular weight excluding hydrogens is 709 g/mol. The lowest BCUT2D eigenvalue weighted by Gasteiger charge is -2.25. The van der Waals surface area contributed by atoms with Crippen LogP contribution in [0.3, 0.4) is 0 Å². The molecule has 0 saturated heterocycles. The van der Waals surface area contributed by atoms with Gasteiger partial charge in [0.2, 0.25) is 0 Å². The van der Waals surface area contributed by atoms with Gasteiger partial charge in [-0.2, -0.15) is 0 Å². The number of fused-ring (bicyclic) bond motifs is 14. The van der Waals surface area contributed by atoms with E-state index in [1.807, 2.05) is 0 Å². The molecule has 0 heteroatoms. The molecule has 0 unspecified atom stereocenters. The molecule has 0 amide bonds. The fourth-order valence-corrected chi connectivity index (χ4v) is 11.4. The SMILES string of the molecule is CC1(C)c2c(ccc3cc(-c4ccc5c6c(cccc46)-c4c-5c(-c5ccccc5)c5ccccc5c4-c4ccccc4)ccc23)-c2c1c1ccccc1c1ccccc21. The monoisotopic (exact) mass is 746 g/mol. The van der Waals surface area contributed by atoms with Gasteiger partial charge in [0.15, 0.2) is 0 Å². The van der Waals surface area contributed by atoms with Gasteiger partial charge in [-0.05, 0) is 138 Å². The minimum absolute atomic E-state index is 0.167. The van der Waals surface area contributed by atoms with Gasteiger partial charge in [-0.1, -0.05) is 202 Å². The zero-order chi connectivity index (χ0) is 39.0. The van der Waals surface area contributed by atoms with Crippen LogP contribution >= 0.6 is 0 Å². The van der Waals surface area contributed by atoms with Gasteiger partial charge in [0, 0.05) is 5.41 Å². The van der Waals surface area contributed by atoms with Crippen molar-refractivity contribution in [2.75, 3.05) is 0 Å². The summed E-state index contributed by atoms with van der Waals surface area (Å²) < 4.78 is 0. The summed E-state index contributed by atoms with van der Waals surface area (Å²) in [6.07, 6.45) is 0. The van der Waals surface area contributed by atoms with Crippen LogP contribution in [-0.4, -0.2) is 0 Å². The highest BCUT2D eigenvalue weighted by molar-refractivity contribution is 6.29. The standard InChI is InChI=1S/C59H38/c1-59(2)57-40-30-28-37(34-38(40)29-31-50(57)54-44-22-11-9-20-41(44)42-21-10-14-25-47(42)58(54)59)39-32-33-49-53-43(39)26-15-27-48(53)55-51(35-16-5-3-6-17-35)45-23-12-13-24-46(45)52(56(49)55)36-18-7-4-8-19-36/h3-34H,1-2H3. The molecule has 274 valence electrons. The van der Waals surface area contributed by atoms with Gasteiger partial charge in [-0.15, -0.1) is 0 Å². The van der Waals surface area contributed by atoms with Gasteiger partial charge in [-0.25, -0.2) is 0 Å². The lowest BCUT2D eigenvalue weighted by Crippen LogP contribution is -2.16. The van der Waals surface area contributed by atoms with Gasteiger partial charge in [-0.3, -0.25) is 0 Å². The Morgan fingerprint density at radius 2 is 0.763 bits per heavy atom. The third-order valence-electron chi connectivity index (χ3n) is 13.7. The highest BCUT2D eigenvalue weighted by atomic mass is 14.4. The first-order valence-electron chi connectivity index (χ1n) is 20.9. The number of benzene rings is 11. The quantitative estimate of drug-likeness (QED) is 0.158. The second kappa shape index (κ2) is 11.9. The maximum Gasteiger partial charge on any atom is 0.0171 e. The number of hydrogen-bond donors (Lipinski definition) is 0. The molecule has 0 saturated carbocycles. The molecule has 59 heavy (non-hydrogen) atoms. The molecule has 0 aromatic heterocycles. The molecule has 13 rings (SSSR count). The Bertz CT molecular complexity index is 3510. The van der Waals surface area contributed by atoms with Crippen LogP contribution in [0.5, 0.6) is 0 Å². The Hall–Kier alpha value is -7.28. The van der Waals surface area contributed by atoms with Crippen LogP contribution in [0.1, 0.15) is 25.0 Å². The first kappa shape index (κ1) is 32.8. The normalized spacial score (nSPS) is 13.4. The third-order valence-corrected chi connectivity index (χ3v) is 13.7. The molecule has 11 aromatic rings. The predicted molar refractivity (Wildman–Crippen MR) is 252 cm³/mol. The van der Waals surface area contributed by atoms with E-state index in [4.69, 9.17) is 0 Å². The molecule has 0 aliphatic heterocycles. The topological polar surface area (TPSA) is 0 Å². The largest absolute Gasteiger partial charge is 0.0622 e. The summed E-state index contributed by atoms with van der Waals surface area (Å²) in [4.78, 5) is 0. The zero-order valence-corrected chi connectivity index (χ0v) is 33.0. The summed E-state index contributed by atoms with van der Waals surface area (Å²) in [7, 11) is 0. The average Bonchev–Trinajstić information content (AvgIpc) is 3.75. The van der Waals surface area contributed by atoms with E-state index >= 15 is 0 Å². The molecule has 0 spiro atoms. The minimum atomic E-state index is -0.167. The van der Waals surface area contributed by atoms with Crippen molar-refractivity contribution in [1.82, 2.24) is 0 Å². The van der Waals surface area contributed by atoms with Crippen molar-refractivity contribution >= 4 is 53.9 Å². The molecule has 11 aromatic carbocycles. The molecule has 0 atom stereocenters. The second-order valence-electron chi connectivity index (χ2n) is 17.1. The maximum atomic E-state index is 2.44. The molecular formula is C59H38.